The zero-order valence-corrected chi connectivity index (χ0v) is 10.7. The van der Waals surface area contributed by atoms with Crippen LogP contribution in [-0.2, 0) is 0 Å². The molecule has 0 aromatic carbocycles. The van der Waals surface area contributed by atoms with Crippen LogP contribution in [0.5, 0.6) is 0 Å². The van der Waals surface area contributed by atoms with Gasteiger partial charge in [-0.3, -0.25) is 4.99 Å². The highest BCUT2D eigenvalue weighted by atomic mass is 32.2. The highest BCUT2D eigenvalue weighted by Gasteiger charge is 2.35. The van der Waals surface area contributed by atoms with E-state index in [-0.39, 0.29) is 0 Å². The molecule has 15 heavy (non-hydrogen) atoms. The van der Waals surface area contributed by atoms with E-state index in [0.717, 1.165) is 6.54 Å². The second kappa shape index (κ2) is 4.77. The summed E-state index contributed by atoms with van der Waals surface area (Å²) in [6.45, 7) is 5.60. The minimum atomic E-state index is 0.569. The molecule has 1 aliphatic heterocycles. The third-order valence-corrected chi connectivity index (χ3v) is 5.05. The Bertz CT molecular complexity index is 240. The van der Waals surface area contributed by atoms with Crippen molar-refractivity contribution in [3.8, 4) is 0 Å². The molecule has 2 rings (SSSR count). The fourth-order valence-corrected chi connectivity index (χ4v) is 3.37. The van der Waals surface area contributed by atoms with E-state index >= 15 is 0 Å². The molecular formula is C12H22N2S. The summed E-state index contributed by atoms with van der Waals surface area (Å²) in [4.78, 5) is 4.75. The van der Waals surface area contributed by atoms with E-state index in [9.17, 15) is 0 Å². The van der Waals surface area contributed by atoms with Crippen molar-refractivity contribution in [3.05, 3.63) is 0 Å². The lowest BCUT2D eigenvalue weighted by Crippen LogP contribution is -2.33. The van der Waals surface area contributed by atoms with Crippen molar-refractivity contribution in [1.29, 1.82) is 0 Å². The number of aliphatic imine (C=N–C) groups is 1. The minimum absolute atomic E-state index is 0.569. The van der Waals surface area contributed by atoms with Crippen LogP contribution in [0.15, 0.2) is 4.99 Å². The predicted molar refractivity (Wildman–Crippen MR) is 68.5 cm³/mol. The summed E-state index contributed by atoms with van der Waals surface area (Å²) in [6, 6.07) is 0.660. The average molecular weight is 226 g/mol. The van der Waals surface area contributed by atoms with E-state index in [1.807, 2.05) is 11.8 Å². The highest BCUT2D eigenvalue weighted by molar-refractivity contribution is 8.14. The van der Waals surface area contributed by atoms with Crippen molar-refractivity contribution in [3.63, 3.8) is 0 Å². The number of thioether (sulfide) groups is 1. The van der Waals surface area contributed by atoms with Gasteiger partial charge < -0.3 is 5.32 Å². The Kier molecular flexibility index (Phi) is 3.60. The molecule has 2 aliphatic rings. The molecular weight excluding hydrogens is 204 g/mol. The van der Waals surface area contributed by atoms with Gasteiger partial charge >= 0.3 is 0 Å². The van der Waals surface area contributed by atoms with E-state index in [4.69, 9.17) is 4.99 Å². The average Bonchev–Trinajstić information content (AvgIpc) is 2.65. The summed E-state index contributed by atoms with van der Waals surface area (Å²) >= 11 is 1.90. The first-order chi connectivity index (χ1) is 7.28. The predicted octanol–water partition coefficient (Wildman–Crippen LogP) is 3.04. The van der Waals surface area contributed by atoms with Crippen LogP contribution in [0, 0.1) is 5.41 Å². The van der Waals surface area contributed by atoms with E-state index in [1.165, 1.54) is 43.0 Å². The SMILES string of the molecule is CCC1CSC(=NCC2(CC)CCC2)N1. The fraction of sp³-hybridized carbons (Fsp3) is 0.917. The Labute approximate surface area is 97.3 Å². The van der Waals surface area contributed by atoms with Gasteiger partial charge in [-0.2, -0.15) is 0 Å². The molecule has 86 valence electrons. The van der Waals surface area contributed by atoms with Crippen LogP contribution in [0.25, 0.3) is 0 Å². The highest BCUT2D eigenvalue weighted by Crippen LogP contribution is 2.44. The van der Waals surface area contributed by atoms with Crippen LogP contribution in [0.2, 0.25) is 0 Å². The zero-order chi connectivity index (χ0) is 10.7. The molecule has 2 fully saturated rings. The zero-order valence-electron chi connectivity index (χ0n) is 9.88. The van der Waals surface area contributed by atoms with E-state index in [0.29, 0.717) is 11.5 Å². The molecule has 2 nitrogen and oxygen atoms in total. The molecule has 0 aromatic rings. The molecule has 1 saturated heterocycles. The smallest absolute Gasteiger partial charge is 0.156 e. The van der Waals surface area contributed by atoms with Gasteiger partial charge in [0.15, 0.2) is 5.17 Å². The van der Waals surface area contributed by atoms with E-state index in [2.05, 4.69) is 19.2 Å². The number of nitrogens with one attached hydrogen (secondary N) is 1. The first-order valence-corrected chi connectivity index (χ1v) is 7.20. The molecule has 0 amide bonds. The maximum Gasteiger partial charge on any atom is 0.156 e. The summed E-state index contributed by atoms with van der Waals surface area (Å²) in [5.74, 6) is 1.20. The summed E-state index contributed by atoms with van der Waals surface area (Å²) in [5.41, 5.74) is 0.569. The van der Waals surface area contributed by atoms with Gasteiger partial charge in [0.1, 0.15) is 0 Å². The van der Waals surface area contributed by atoms with Crippen LogP contribution >= 0.6 is 11.8 Å². The van der Waals surface area contributed by atoms with Gasteiger partial charge in [-0.25, -0.2) is 0 Å². The maximum absolute atomic E-state index is 4.75. The van der Waals surface area contributed by atoms with Gasteiger partial charge in [0.25, 0.3) is 0 Å². The van der Waals surface area contributed by atoms with Crippen LogP contribution in [-0.4, -0.2) is 23.5 Å². The molecule has 1 unspecified atom stereocenters. The molecule has 1 aliphatic carbocycles. The van der Waals surface area contributed by atoms with Gasteiger partial charge in [-0.15, -0.1) is 0 Å². The number of nitrogens with zero attached hydrogens (tertiary/aromatic N) is 1. The van der Waals surface area contributed by atoms with Crippen molar-refractivity contribution in [2.45, 2.75) is 52.0 Å². The number of hydrogen-bond acceptors (Lipinski definition) is 2. The number of rotatable bonds is 4. The summed E-state index contributed by atoms with van der Waals surface area (Å²) in [6.07, 6.45) is 6.71. The Morgan fingerprint density at radius 1 is 1.47 bits per heavy atom. The lowest BCUT2D eigenvalue weighted by atomic mass is 9.67. The monoisotopic (exact) mass is 226 g/mol. The molecule has 1 atom stereocenters. The number of amidine groups is 1. The molecule has 0 spiro atoms. The number of hydrogen-bond donors (Lipinski definition) is 1. The fourth-order valence-electron chi connectivity index (χ4n) is 2.29. The topological polar surface area (TPSA) is 24.4 Å². The van der Waals surface area contributed by atoms with Crippen molar-refractivity contribution in [2.24, 2.45) is 10.4 Å². The van der Waals surface area contributed by atoms with Crippen LogP contribution < -0.4 is 5.32 Å². The first kappa shape index (κ1) is 11.3. The third kappa shape index (κ3) is 2.49. The van der Waals surface area contributed by atoms with Crippen molar-refractivity contribution in [1.82, 2.24) is 5.32 Å². The van der Waals surface area contributed by atoms with Crippen molar-refractivity contribution < 1.29 is 0 Å². The quantitative estimate of drug-likeness (QED) is 0.797. The van der Waals surface area contributed by atoms with Crippen LogP contribution in [0.1, 0.15) is 46.0 Å². The summed E-state index contributed by atoms with van der Waals surface area (Å²) < 4.78 is 0. The van der Waals surface area contributed by atoms with Crippen LogP contribution in [0.3, 0.4) is 0 Å². The van der Waals surface area contributed by atoms with Gasteiger partial charge in [-0.05, 0) is 31.1 Å². The van der Waals surface area contributed by atoms with Crippen molar-refractivity contribution >= 4 is 16.9 Å². The standard InChI is InChI=1S/C12H22N2S/c1-3-10-8-15-11(14-10)13-9-12(4-2)6-5-7-12/h10H,3-9H2,1-2H3,(H,13,14). The maximum atomic E-state index is 4.75. The molecule has 1 heterocycles. The lowest BCUT2D eigenvalue weighted by Gasteiger charge is -2.40. The molecule has 0 aromatic heterocycles. The molecule has 1 N–H and O–H groups in total. The van der Waals surface area contributed by atoms with Gasteiger partial charge in [0.2, 0.25) is 0 Å². The Hall–Kier alpha value is -0.180. The third-order valence-electron chi connectivity index (χ3n) is 3.96. The molecule has 0 bridgehead atoms. The Morgan fingerprint density at radius 3 is 2.73 bits per heavy atom. The van der Waals surface area contributed by atoms with Gasteiger partial charge in [-0.1, -0.05) is 32.0 Å². The Balaban J connectivity index is 1.83. The van der Waals surface area contributed by atoms with Crippen molar-refractivity contribution in [2.75, 3.05) is 12.3 Å². The molecule has 0 radical (unpaired) electrons. The lowest BCUT2D eigenvalue weighted by molar-refractivity contribution is 0.139. The second-order valence-electron chi connectivity index (χ2n) is 4.89. The van der Waals surface area contributed by atoms with Crippen LogP contribution in [0.4, 0.5) is 0 Å². The van der Waals surface area contributed by atoms with Gasteiger partial charge in [0.05, 0.1) is 0 Å². The molecule has 3 heteroatoms. The molecule has 1 saturated carbocycles. The van der Waals surface area contributed by atoms with Gasteiger partial charge in [0, 0.05) is 18.3 Å². The normalized spacial score (nSPS) is 31.3. The largest absolute Gasteiger partial charge is 0.361 e. The van der Waals surface area contributed by atoms with E-state index in [1.54, 1.807) is 0 Å². The van der Waals surface area contributed by atoms with E-state index < -0.39 is 0 Å². The Morgan fingerprint density at radius 2 is 2.27 bits per heavy atom. The summed E-state index contributed by atoms with van der Waals surface area (Å²) in [5, 5.41) is 4.69. The second-order valence-corrected chi connectivity index (χ2v) is 5.90. The minimum Gasteiger partial charge on any atom is -0.361 e. The first-order valence-electron chi connectivity index (χ1n) is 6.22. The summed E-state index contributed by atoms with van der Waals surface area (Å²) in [7, 11) is 0.